The maximum atomic E-state index is 13.7. The van der Waals surface area contributed by atoms with E-state index in [0.29, 0.717) is 0 Å². The maximum absolute atomic E-state index is 13.7. The van der Waals surface area contributed by atoms with Crippen LogP contribution in [-0.2, 0) is 0 Å². The van der Waals surface area contributed by atoms with Crippen LogP contribution >= 0.6 is 0 Å². The van der Waals surface area contributed by atoms with Crippen molar-refractivity contribution in [2.75, 3.05) is 0 Å². The normalized spacial score (nSPS) is 11.0. The number of hydrogen-bond acceptors (Lipinski definition) is 3. The van der Waals surface area contributed by atoms with Crippen LogP contribution < -0.4 is 0 Å². The lowest BCUT2D eigenvalue weighted by Gasteiger charge is -1.99. The van der Waals surface area contributed by atoms with E-state index in [1.54, 1.807) is 0 Å². The monoisotopic (exact) mass is 293 g/mol. The molecule has 0 amide bonds. The van der Waals surface area contributed by atoms with Gasteiger partial charge in [-0.1, -0.05) is 0 Å². The van der Waals surface area contributed by atoms with Gasteiger partial charge in [-0.05, 0) is 24.3 Å². The minimum atomic E-state index is -1.63. The second kappa shape index (κ2) is 4.58. The van der Waals surface area contributed by atoms with Crippen LogP contribution in [0.25, 0.3) is 17.0 Å². The number of benzene rings is 1. The molecule has 5 nitrogen and oxygen atoms in total. The smallest absolute Gasteiger partial charge is 0.339 e. The Hall–Kier alpha value is -2.90. The number of rotatable bonds is 2. The number of fused-ring (bicyclic) bond motifs is 1. The van der Waals surface area contributed by atoms with Crippen molar-refractivity contribution < 1.29 is 23.1 Å². The summed E-state index contributed by atoms with van der Waals surface area (Å²) in [5, 5.41) is 12.9. The Morgan fingerprint density at radius 2 is 1.90 bits per heavy atom. The first-order chi connectivity index (χ1) is 9.99. The van der Waals surface area contributed by atoms with Gasteiger partial charge < -0.3 is 5.11 Å². The highest BCUT2D eigenvalue weighted by Gasteiger charge is 2.19. The van der Waals surface area contributed by atoms with Gasteiger partial charge in [0.2, 0.25) is 0 Å². The molecule has 0 aliphatic rings. The molecule has 3 aromatic rings. The van der Waals surface area contributed by atoms with Crippen LogP contribution in [0.2, 0.25) is 0 Å². The van der Waals surface area contributed by atoms with Gasteiger partial charge in [0.05, 0.1) is 5.56 Å². The molecule has 3 rings (SSSR count). The first kappa shape index (κ1) is 13.1. The van der Waals surface area contributed by atoms with Crippen molar-refractivity contribution in [3.05, 3.63) is 53.5 Å². The van der Waals surface area contributed by atoms with Crippen molar-refractivity contribution in [2.45, 2.75) is 0 Å². The summed E-state index contributed by atoms with van der Waals surface area (Å²) >= 11 is 0. The van der Waals surface area contributed by atoms with Crippen molar-refractivity contribution in [1.29, 1.82) is 0 Å². The second-order valence-electron chi connectivity index (χ2n) is 4.15. The number of carbonyl (C=O) groups is 1. The highest BCUT2D eigenvalue weighted by atomic mass is 19.2. The largest absolute Gasteiger partial charge is 0.478 e. The van der Waals surface area contributed by atoms with Crippen LogP contribution in [-0.4, -0.2) is 25.7 Å². The Balaban J connectivity index is 2.25. The first-order valence-electron chi connectivity index (χ1n) is 5.71. The molecule has 0 radical (unpaired) electrons. The summed E-state index contributed by atoms with van der Waals surface area (Å²) in [6.07, 6.45) is 1.41. The Morgan fingerprint density at radius 1 is 1.14 bits per heavy atom. The number of carboxylic acid groups (broad SMARTS) is 1. The summed E-state index contributed by atoms with van der Waals surface area (Å²) in [5.74, 6) is -5.86. The highest BCUT2D eigenvalue weighted by molar-refractivity contribution is 5.94. The third kappa shape index (κ3) is 2.00. The van der Waals surface area contributed by atoms with Crippen molar-refractivity contribution in [3.63, 3.8) is 0 Å². The third-order valence-electron chi connectivity index (χ3n) is 2.87. The van der Waals surface area contributed by atoms with E-state index in [1.165, 1.54) is 18.3 Å². The quantitative estimate of drug-likeness (QED) is 0.737. The lowest BCUT2D eigenvalue weighted by Crippen LogP contribution is -2.00. The summed E-state index contributed by atoms with van der Waals surface area (Å²) < 4.78 is 41.0. The zero-order valence-corrected chi connectivity index (χ0v) is 10.2. The highest BCUT2D eigenvalue weighted by Crippen LogP contribution is 2.24. The zero-order valence-electron chi connectivity index (χ0n) is 10.2. The summed E-state index contributed by atoms with van der Waals surface area (Å²) in [5.41, 5.74) is -0.516. The fourth-order valence-corrected chi connectivity index (χ4v) is 1.89. The molecule has 106 valence electrons. The molecule has 1 N–H and O–H groups in total. The molecule has 21 heavy (non-hydrogen) atoms. The molecule has 0 unspecified atom stereocenters. The average molecular weight is 293 g/mol. The molecule has 0 saturated heterocycles. The molecule has 0 aliphatic heterocycles. The molecule has 0 spiro atoms. The predicted octanol–water partition coefficient (Wildman–Crippen LogP) is 2.51. The van der Waals surface area contributed by atoms with E-state index >= 15 is 0 Å². The van der Waals surface area contributed by atoms with Crippen molar-refractivity contribution >= 4 is 11.6 Å². The Kier molecular flexibility index (Phi) is 2.86. The molecule has 0 bridgehead atoms. The molecule has 0 fully saturated rings. The number of hydrogen-bond donors (Lipinski definition) is 1. The molecule has 0 atom stereocenters. The van der Waals surface area contributed by atoms with E-state index in [4.69, 9.17) is 5.11 Å². The number of aromatic carboxylic acids is 1. The van der Waals surface area contributed by atoms with E-state index < -0.39 is 23.4 Å². The molecule has 1 aromatic carbocycles. The van der Waals surface area contributed by atoms with E-state index in [-0.39, 0.29) is 22.6 Å². The average Bonchev–Trinajstić information content (AvgIpc) is 2.88. The Bertz CT molecular complexity index is 876. The Labute approximate surface area is 115 Å². The predicted molar refractivity (Wildman–Crippen MR) is 65.3 cm³/mol. The third-order valence-corrected chi connectivity index (χ3v) is 2.87. The van der Waals surface area contributed by atoms with Gasteiger partial charge >= 0.3 is 5.97 Å². The van der Waals surface area contributed by atoms with Crippen LogP contribution in [0.1, 0.15) is 10.4 Å². The number of nitrogens with zero attached hydrogens (tertiary/aromatic N) is 3. The lowest BCUT2D eigenvalue weighted by molar-refractivity contribution is 0.0698. The van der Waals surface area contributed by atoms with Gasteiger partial charge in [-0.2, -0.15) is 0 Å². The van der Waals surface area contributed by atoms with Gasteiger partial charge in [-0.3, -0.25) is 0 Å². The van der Waals surface area contributed by atoms with Gasteiger partial charge in [0.25, 0.3) is 0 Å². The molecule has 0 aliphatic carbocycles. The van der Waals surface area contributed by atoms with Crippen molar-refractivity contribution in [2.24, 2.45) is 0 Å². The van der Waals surface area contributed by atoms with E-state index in [2.05, 4.69) is 10.1 Å². The maximum Gasteiger partial charge on any atom is 0.339 e. The topological polar surface area (TPSA) is 67.5 Å². The standard InChI is InChI=1S/C13H6F3N3O2/c14-8-4-3-6(9(15)10(8)16)11-17-12-7(13(20)21)2-1-5-19(12)18-11/h1-5H,(H,20,21). The molecule has 0 saturated carbocycles. The minimum absolute atomic E-state index is 0.0240. The molecular formula is C13H6F3N3O2. The van der Waals surface area contributed by atoms with Crippen molar-refractivity contribution in [1.82, 2.24) is 14.6 Å². The van der Waals surface area contributed by atoms with Crippen LogP contribution in [0.5, 0.6) is 0 Å². The van der Waals surface area contributed by atoms with Gasteiger partial charge in [0.15, 0.2) is 28.9 Å². The van der Waals surface area contributed by atoms with E-state index in [1.807, 2.05) is 0 Å². The summed E-state index contributed by atoms with van der Waals surface area (Å²) in [7, 11) is 0. The number of halogens is 3. The molecule has 2 heterocycles. The summed E-state index contributed by atoms with van der Waals surface area (Å²) in [6, 6.07) is 4.47. The minimum Gasteiger partial charge on any atom is -0.478 e. The zero-order chi connectivity index (χ0) is 15.1. The van der Waals surface area contributed by atoms with Crippen LogP contribution in [0, 0.1) is 17.5 Å². The van der Waals surface area contributed by atoms with E-state index in [0.717, 1.165) is 16.6 Å². The summed E-state index contributed by atoms with van der Waals surface area (Å²) in [6.45, 7) is 0. The van der Waals surface area contributed by atoms with Crippen LogP contribution in [0.4, 0.5) is 13.2 Å². The summed E-state index contributed by atoms with van der Waals surface area (Å²) in [4.78, 5) is 14.9. The second-order valence-corrected chi connectivity index (χ2v) is 4.15. The van der Waals surface area contributed by atoms with Gasteiger partial charge in [0.1, 0.15) is 5.56 Å². The molecule has 2 aromatic heterocycles. The van der Waals surface area contributed by atoms with Crippen LogP contribution in [0.15, 0.2) is 30.5 Å². The van der Waals surface area contributed by atoms with Gasteiger partial charge in [0, 0.05) is 6.20 Å². The fraction of sp³-hybridized carbons (Fsp3) is 0. The number of carboxylic acids is 1. The molecular weight excluding hydrogens is 287 g/mol. The molecule has 8 heteroatoms. The van der Waals surface area contributed by atoms with Crippen molar-refractivity contribution in [3.8, 4) is 11.4 Å². The lowest BCUT2D eigenvalue weighted by atomic mass is 10.2. The van der Waals surface area contributed by atoms with E-state index in [9.17, 15) is 18.0 Å². The first-order valence-corrected chi connectivity index (χ1v) is 5.71. The Morgan fingerprint density at radius 3 is 2.62 bits per heavy atom. The SMILES string of the molecule is O=C(O)c1cccn2nc(-c3ccc(F)c(F)c3F)nc12. The number of aromatic nitrogens is 3. The van der Waals surface area contributed by atoms with Gasteiger partial charge in [-0.25, -0.2) is 27.5 Å². The van der Waals surface area contributed by atoms with Crippen LogP contribution in [0.3, 0.4) is 0 Å². The van der Waals surface area contributed by atoms with Gasteiger partial charge in [-0.15, -0.1) is 5.10 Å². The number of pyridine rings is 1. The fourth-order valence-electron chi connectivity index (χ4n) is 1.89.